The number of hydrogen-bond acceptors (Lipinski definition) is 4. The fourth-order valence-corrected chi connectivity index (χ4v) is 7.18. The van der Waals surface area contributed by atoms with Gasteiger partial charge in [-0.15, -0.1) is 0 Å². The second kappa shape index (κ2) is 15.7. The minimum absolute atomic E-state index is 0.0997. The summed E-state index contributed by atoms with van der Waals surface area (Å²) in [5.41, 5.74) is 11.8. The zero-order valence-electron chi connectivity index (χ0n) is 29.0. The van der Waals surface area contributed by atoms with Crippen LogP contribution in [-0.4, -0.2) is 49.4 Å². The minimum atomic E-state index is -0.962. The lowest BCUT2D eigenvalue weighted by molar-refractivity contribution is -0.148. The van der Waals surface area contributed by atoms with Crippen molar-refractivity contribution < 1.29 is 19.4 Å². The fraction of sp³-hybridized carbons (Fsp3) is 0.295. The molecule has 0 saturated carbocycles. The summed E-state index contributed by atoms with van der Waals surface area (Å²) >= 11 is 0. The van der Waals surface area contributed by atoms with Crippen molar-refractivity contribution in [1.82, 2.24) is 4.90 Å². The third-order valence-electron chi connectivity index (χ3n) is 10.2. The number of carboxylic acid groups (broad SMARTS) is 1. The Labute approximate surface area is 291 Å². The average molecular weight is 654 g/mol. The summed E-state index contributed by atoms with van der Waals surface area (Å²) in [5, 5.41) is 9.32. The first-order valence-electron chi connectivity index (χ1n) is 17.3. The number of nitrogens with zero attached hydrogens (tertiary/aromatic N) is 1. The standard InChI is InChI=1S/C44H47NO4/c1-30(33-11-7-5-8-12-33)35-19-23-40-37(28-35)17-18-38-29-36(31(2)34-13-9-6-10-14-34)20-24-41(38)43(40)45(3)25-26-49-39-21-15-32(16-22-39)27-42(48-4)44(46)47/h5-16,19-24,28-31,42-43H,17-18,25-27H2,1-4H3,(H,46,47). The number of ether oxygens (including phenoxy) is 2. The van der Waals surface area contributed by atoms with Gasteiger partial charge in [-0.25, -0.2) is 4.79 Å². The van der Waals surface area contributed by atoms with Gasteiger partial charge in [0.1, 0.15) is 12.4 Å². The van der Waals surface area contributed by atoms with Crippen LogP contribution in [0.25, 0.3) is 0 Å². The maximum absolute atomic E-state index is 11.4. The molecule has 5 heteroatoms. The molecule has 3 unspecified atom stereocenters. The monoisotopic (exact) mass is 653 g/mol. The molecule has 5 aromatic carbocycles. The number of rotatable bonds is 13. The van der Waals surface area contributed by atoms with E-state index in [1.807, 2.05) is 24.3 Å². The SMILES string of the molecule is COC(Cc1ccc(OCCN(C)C2c3ccc(C(C)c4ccccc4)cc3CCc3cc(C(C)c4ccccc4)ccc32)cc1)C(=O)O. The van der Waals surface area contributed by atoms with Crippen molar-refractivity contribution in [3.63, 3.8) is 0 Å². The van der Waals surface area contributed by atoms with Crippen molar-refractivity contribution in [3.05, 3.63) is 171 Å². The van der Waals surface area contributed by atoms with E-state index in [0.717, 1.165) is 30.7 Å². The molecule has 0 bridgehead atoms. The van der Waals surface area contributed by atoms with Crippen LogP contribution in [0.2, 0.25) is 0 Å². The van der Waals surface area contributed by atoms with Crippen LogP contribution in [-0.2, 0) is 28.8 Å². The first kappa shape index (κ1) is 34.2. The molecule has 1 aliphatic carbocycles. The van der Waals surface area contributed by atoms with Gasteiger partial charge < -0.3 is 14.6 Å². The van der Waals surface area contributed by atoms with Gasteiger partial charge in [0.05, 0.1) is 6.04 Å². The molecule has 0 amide bonds. The van der Waals surface area contributed by atoms with Crippen LogP contribution in [0.4, 0.5) is 0 Å². The molecule has 0 aliphatic heterocycles. The van der Waals surface area contributed by atoms with Crippen molar-refractivity contribution >= 4 is 5.97 Å². The number of likely N-dealkylation sites (N-methyl/N-ethyl adjacent to an activating group) is 1. The molecule has 252 valence electrons. The molecule has 0 heterocycles. The molecule has 49 heavy (non-hydrogen) atoms. The first-order chi connectivity index (χ1) is 23.8. The van der Waals surface area contributed by atoms with E-state index in [1.54, 1.807) is 0 Å². The fourth-order valence-electron chi connectivity index (χ4n) is 7.18. The zero-order chi connectivity index (χ0) is 34.3. The Morgan fingerprint density at radius 3 is 1.71 bits per heavy atom. The zero-order valence-corrected chi connectivity index (χ0v) is 29.0. The number of fused-ring (bicyclic) bond motifs is 2. The van der Waals surface area contributed by atoms with Crippen molar-refractivity contribution in [2.24, 2.45) is 0 Å². The Kier molecular flexibility index (Phi) is 10.9. The largest absolute Gasteiger partial charge is 0.492 e. The lowest BCUT2D eigenvalue weighted by Gasteiger charge is -2.31. The highest BCUT2D eigenvalue weighted by molar-refractivity contribution is 5.72. The Balaban J connectivity index is 1.25. The minimum Gasteiger partial charge on any atom is -0.492 e. The van der Waals surface area contributed by atoms with E-state index in [9.17, 15) is 9.90 Å². The van der Waals surface area contributed by atoms with Gasteiger partial charge in [0.25, 0.3) is 0 Å². The number of benzene rings is 5. The lowest BCUT2D eigenvalue weighted by atomic mass is 9.86. The number of aliphatic carboxylic acids is 1. The van der Waals surface area contributed by atoms with Gasteiger partial charge in [0.2, 0.25) is 0 Å². The highest BCUT2D eigenvalue weighted by Gasteiger charge is 2.28. The Morgan fingerprint density at radius 1 is 0.735 bits per heavy atom. The van der Waals surface area contributed by atoms with Gasteiger partial charge in [-0.2, -0.15) is 0 Å². The van der Waals surface area contributed by atoms with Gasteiger partial charge in [-0.05, 0) is 82.1 Å². The van der Waals surface area contributed by atoms with Crippen LogP contribution in [0.15, 0.2) is 121 Å². The molecule has 1 aliphatic rings. The molecule has 0 radical (unpaired) electrons. The first-order valence-corrected chi connectivity index (χ1v) is 17.3. The number of carbonyl (C=O) groups is 1. The second-order valence-electron chi connectivity index (χ2n) is 13.3. The summed E-state index contributed by atoms with van der Waals surface area (Å²) in [4.78, 5) is 13.8. The predicted molar refractivity (Wildman–Crippen MR) is 197 cm³/mol. The molecule has 5 nitrogen and oxygen atoms in total. The van der Waals surface area contributed by atoms with E-state index in [1.165, 1.54) is 51.6 Å². The molecular formula is C44H47NO4. The van der Waals surface area contributed by atoms with Gasteiger partial charge in [-0.1, -0.05) is 123 Å². The highest BCUT2D eigenvalue weighted by atomic mass is 16.5. The number of hydrogen-bond donors (Lipinski definition) is 1. The molecule has 0 aromatic heterocycles. The van der Waals surface area contributed by atoms with E-state index in [-0.39, 0.29) is 6.04 Å². The Morgan fingerprint density at radius 2 is 1.24 bits per heavy atom. The molecule has 3 atom stereocenters. The van der Waals surface area contributed by atoms with Crippen LogP contribution in [0.1, 0.15) is 81.8 Å². The van der Waals surface area contributed by atoms with Gasteiger partial charge >= 0.3 is 5.97 Å². The summed E-state index contributed by atoms with van der Waals surface area (Å²) in [6.07, 6.45) is 1.45. The van der Waals surface area contributed by atoms with Crippen LogP contribution in [0.3, 0.4) is 0 Å². The predicted octanol–water partition coefficient (Wildman–Crippen LogP) is 8.83. The van der Waals surface area contributed by atoms with Crippen molar-refractivity contribution in [2.45, 2.75) is 57.1 Å². The van der Waals surface area contributed by atoms with E-state index in [2.05, 4.69) is 123 Å². The quantitative estimate of drug-likeness (QED) is 0.138. The van der Waals surface area contributed by atoms with Crippen LogP contribution in [0, 0.1) is 0 Å². The number of carboxylic acids is 1. The molecule has 5 aromatic rings. The topological polar surface area (TPSA) is 59.0 Å². The van der Waals surface area contributed by atoms with Gasteiger partial charge in [0.15, 0.2) is 6.10 Å². The third-order valence-corrected chi connectivity index (χ3v) is 10.2. The molecule has 1 N–H and O–H groups in total. The van der Waals surface area contributed by atoms with Crippen LogP contribution in [0.5, 0.6) is 5.75 Å². The summed E-state index contributed by atoms with van der Waals surface area (Å²) in [6.45, 7) is 5.87. The Bertz CT molecular complexity index is 1740. The number of aryl methyl sites for hydroxylation is 2. The second-order valence-corrected chi connectivity index (χ2v) is 13.3. The van der Waals surface area contributed by atoms with Crippen molar-refractivity contribution in [2.75, 3.05) is 27.3 Å². The van der Waals surface area contributed by atoms with Crippen LogP contribution < -0.4 is 4.74 Å². The summed E-state index contributed by atoms with van der Waals surface area (Å²) in [6, 6.07) is 43.5. The van der Waals surface area contributed by atoms with Crippen molar-refractivity contribution in [1.29, 1.82) is 0 Å². The highest BCUT2D eigenvalue weighted by Crippen LogP contribution is 2.39. The van der Waals surface area contributed by atoms with E-state index < -0.39 is 12.1 Å². The van der Waals surface area contributed by atoms with Crippen LogP contribution >= 0.6 is 0 Å². The third kappa shape index (κ3) is 7.96. The summed E-state index contributed by atoms with van der Waals surface area (Å²) < 4.78 is 11.3. The summed E-state index contributed by atoms with van der Waals surface area (Å²) in [5.74, 6) is 0.436. The normalized spacial score (nSPS) is 15.8. The average Bonchev–Trinajstić information content (AvgIpc) is 3.30. The van der Waals surface area contributed by atoms with E-state index in [4.69, 9.17) is 9.47 Å². The van der Waals surface area contributed by atoms with E-state index >= 15 is 0 Å². The lowest BCUT2D eigenvalue weighted by Crippen LogP contribution is -2.30. The number of methoxy groups -OCH3 is 1. The van der Waals surface area contributed by atoms with Gasteiger partial charge in [-0.3, -0.25) is 4.90 Å². The maximum atomic E-state index is 11.4. The maximum Gasteiger partial charge on any atom is 0.333 e. The van der Waals surface area contributed by atoms with Gasteiger partial charge in [0, 0.05) is 31.9 Å². The van der Waals surface area contributed by atoms with Crippen molar-refractivity contribution in [3.8, 4) is 5.75 Å². The Hall–Kier alpha value is -4.71. The molecule has 0 spiro atoms. The molecular weight excluding hydrogens is 606 g/mol. The molecule has 0 saturated heterocycles. The molecule has 0 fully saturated rings. The molecule has 6 rings (SSSR count). The van der Waals surface area contributed by atoms with E-state index in [0.29, 0.717) is 24.9 Å². The smallest absolute Gasteiger partial charge is 0.333 e. The summed E-state index contributed by atoms with van der Waals surface area (Å²) in [7, 11) is 3.62.